The summed E-state index contributed by atoms with van der Waals surface area (Å²) < 4.78 is 8.37. The Morgan fingerprint density at radius 1 is 1.14 bits per heavy atom. The van der Waals surface area contributed by atoms with Crippen LogP contribution in [-0.2, 0) is 11.3 Å². The SMILES string of the molecule is COCCn1nnnc1[C@@H](CC(C)C)N1CCN(c2nc3ccccc3s2)CC1. The minimum absolute atomic E-state index is 0.222. The number of hydrogen-bond acceptors (Lipinski definition) is 8. The summed E-state index contributed by atoms with van der Waals surface area (Å²) in [6, 6.07) is 8.58. The zero-order valence-corrected chi connectivity index (χ0v) is 18.2. The van der Waals surface area contributed by atoms with Gasteiger partial charge in [0.1, 0.15) is 0 Å². The van der Waals surface area contributed by atoms with Gasteiger partial charge >= 0.3 is 0 Å². The van der Waals surface area contributed by atoms with Crippen LogP contribution in [0.4, 0.5) is 5.13 Å². The maximum Gasteiger partial charge on any atom is 0.186 e. The summed E-state index contributed by atoms with van der Waals surface area (Å²) in [4.78, 5) is 9.76. The fourth-order valence-corrected chi connectivity index (χ4v) is 4.89. The third-order valence-corrected chi connectivity index (χ3v) is 6.46. The van der Waals surface area contributed by atoms with Gasteiger partial charge in [-0.1, -0.05) is 37.3 Å². The van der Waals surface area contributed by atoms with E-state index in [0.29, 0.717) is 19.1 Å². The van der Waals surface area contributed by atoms with E-state index < -0.39 is 0 Å². The molecule has 9 heteroatoms. The first kappa shape index (κ1) is 20.2. The smallest absolute Gasteiger partial charge is 0.186 e. The molecule has 0 spiro atoms. The van der Waals surface area contributed by atoms with Crippen molar-refractivity contribution < 1.29 is 4.74 Å². The number of piperazine rings is 1. The van der Waals surface area contributed by atoms with Crippen LogP contribution in [0.5, 0.6) is 0 Å². The van der Waals surface area contributed by atoms with Crippen molar-refractivity contribution in [2.24, 2.45) is 5.92 Å². The molecule has 1 fully saturated rings. The minimum Gasteiger partial charge on any atom is -0.383 e. The number of rotatable bonds is 8. The third-order valence-electron chi connectivity index (χ3n) is 5.37. The zero-order chi connectivity index (χ0) is 20.2. The molecule has 0 saturated carbocycles. The minimum atomic E-state index is 0.222. The van der Waals surface area contributed by atoms with Gasteiger partial charge in [0.25, 0.3) is 0 Å². The third kappa shape index (κ3) is 4.57. The Morgan fingerprint density at radius 3 is 2.66 bits per heavy atom. The van der Waals surface area contributed by atoms with Crippen molar-refractivity contribution in [1.82, 2.24) is 30.1 Å². The molecule has 0 amide bonds. The van der Waals surface area contributed by atoms with Crippen molar-refractivity contribution in [3.8, 4) is 0 Å². The lowest BCUT2D eigenvalue weighted by molar-refractivity contribution is 0.145. The molecule has 3 heterocycles. The van der Waals surface area contributed by atoms with Crippen molar-refractivity contribution in [3.05, 3.63) is 30.1 Å². The molecule has 1 aliphatic heterocycles. The maximum atomic E-state index is 5.22. The number of anilines is 1. The molecule has 8 nitrogen and oxygen atoms in total. The summed E-state index contributed by atoms with van der Waals surface area (Å²) in [5, 5.41) is 13.6. The van der Waals surface area contributed by atoms with E-state index >= 15 is 0 Å². The van der Waals surface area contributed by atoms with Crippen molar-refractivity contribution in [1.29, 1.82) is 0 Å². The Balaban J connectivity index is 1.47. The van der Waals surface area contributed by atoms with Crippen LogP contribution in [0.25, 0.3) is 10.2 Å². The number of ether oxygens (including phenoxy) is 1. The van der Waals surface area contributed by atoms with Gasteiger partial charge in [-0.25, -0.2) is 9.67 Å². The van der Waals surface area contributed by atoms with Crippen LogP contribution in [-0.4, -0.2) is 70.0 Å². The second kappa shape index (κ2) is 9.15. The van der Waals surface area contributed by atoms with Crippen molar-refractivity contribution in [2.45, 2.75) is 32.9 Å². The predicted molar refractivity (Wildman–Crippen MR) is 115 cm³/mol. The lowest BCUT2D eigenvalue weighted by Crippen LogP contribution is -2.48. The Bertz CT molecular complexity index is 883. The molecular formula is C20H29N7OS. The van der Waals surface area contributed by atoms with E-state index in [1.165, 1.54) is 4.70 Å². The molecule has 1 aromatic carbocycles. The Morgan fingerprint density at radius 2 is 1.93 bits per heavy atom. The highest BCUT2D eigenvalue weighted by atomic mass is 32.1. The highest BCUT2D eigenvalue weighted by Crippen LogP contribution is 2.31. The largest absolute Gasteiger partial charge is 0.383 e. The topological polar surface area (TPSA) is 72.2 Å². The van der Waals surface area contributed by atoms with E-state index in [2.05, 4.69) is 57.4 Å². The molecule has 2 aromatic heterocycles. The average molecular weight is 416 g/mol. The molecule has 3 aromatic rings. The fraction of sp³-hybridized carbons (Fsp3) is 0.600. The number of nitrogens with zero attached hydrogens (tertiary/aromatic N) is 7. The number of methoxy groups -OCH3 is 1. The molecule has 0 radical (unpaired) electrons. The normalized spacial score (nSPS) is 16.8. The van der Waals surface area contributed by atoms with Crippen LogP contribution in [0.15, 0.2) is 24.3 Å². The van der Waals surface area contributed by atoms with E-state index in [4.69, 9.17) is 9.72 Å². The first-order valence-electron chi connectivity index (χ1n) is 10.2. The van der Waals surface area contributed by atoms with Gasteiger partial charge < -0.3 is 9.64 Å². The van der Waals surface area contributed by atoms with Crippen molar-refractivity contribution in [2.75, 3.05) is 44.8 Å². The van der Waals surface area contributed by atoms with E-state index in [1.54, 1.807) is 18.4 Å². The highest BCUT2D eigenvalue weighted by Gasteiger charge is 2.30. The molecule has 0 aliphatic carbocycles. The number of thiazole rings is 1. The van der Waals surface area contributed by atoms with Crippen LogP contribution in [0, 0.1) is 5.92 Å². The molecule has 0 N–H and O–H groups in total. The number of tetrazole rings is 1. The van der Waals surface area contributed by atoms with Crippen molar-refractivity contribution >= 4 is 26.7 Å². The number of benzene rings is 1. The van der Waals surface area contributed by atoms with Crippen LogP contribution >= 0.6 is 11.3 Å². The van der Waals surface area contributed by atoms with Crippen molar-refractivity contribution in [3.63, 3.8) is 0 Å². The van der Waals surface area contributed by atoms with E-state index in [-0.39, 0.29) is 6.04 Å². The molecule has 4 rings (SSSR count). The van der Waals surface area contributed by atoms with Gasteiger partial charge in [0.05, 0.1) is 29.4 Å². The maximum absolute atomic E-state index is 5.22. The lowest BCUT2D eigenvalue weighted by atomic mass is 10.0. The second-order valence-electron chi connectivity index (χ2n) is 7.89. The molecule has 1 saturated heterocycles. The quantitative estimate of drug-likeness (QED) is 0.560. The molecule has 1 atom stereocenters. The van der Waals surface area contributed by atoms with Gasteiger partial charge in [-0.05, 0) is 34.9 Å². The monoisotopic (exact) mass is 415 g/mol. The van der Waals surface area contributed by atoms with Crippen LogP contribution in [0.1, 0.15) is 32.1 Å². The Hall–Kier alpha value is -2.10. The lowest BCUT2D eigenvalue weighted by Gasteiger charge is -2.39. The molecule has 1 aliphatic rings. The first-order valence-corrected chi connectivity index (χ1v) is 11.1. The van der Waals surface area contributed by atoms with Gasteiger partial charge in [0.15, 0.2) is 11.0 Å². The number of para-hydroxylation sites is 1. The summed E-state index contributed by atoms with van der Waals surface area (Å²) in [7, 11) is 1.71. The number of fused-ring (bicyclic) bond motifs is 1. The van der Waals surface area contributed by atoms with Crippen LogP contribution in [0.3, 0.4) is 0 Å². The van der Waals surface area contributed by atoms with Gasteiger partial charge in [-0.2, -0.15) is 0 Å². The first-order chi connectivity index (χ1) is 14.2. The molecule has 156 valence electrons. The standard InChI is InChI=1S/C20H29N7OS/c1-15(2)14-17(19-22-23-24-27(19)12-13-28-3)25-8-10-26(11-9-25)20-21-16-6-4-5-7-18(16)29-20/h4-7,15,17H,8-14H2,1-3H3/t17-/m1/s1. The fourth-order valence-electron chi connectivity index (χ4n) is 3.87. The predicted octanol–water partition coefficient (Wildman–Crippen LogP) is 2.84. The number of aromatic nitrogens is 5. The molecular weight excluding hydrogens is 386 g/mol. The highest BCUT2D eigenvalue weighted by molar-refractivity contribution is 7.22. The zero-order valence-electron chi connectivity index (χ0n) is 17.4. The van der Waals surface area contributed by atoms with Gasteiger partial charge in [0, 0.05) is 33.3 Å². The Kier molecular flexibility index (Phi) is 6.37. The van der Waals surface area contributed by atoms with Gasteiger partial charge in [0.2, 0.25) is 0 Å². The summed E-state index contributed by atoms with van der Waals surface area (Å²) in [6.45, 7) is 9.69. The molecule has 29 heavy (non-hydrogen) atoms. The van der Waals surface area contributed by atoms with E-state index in [9.17, 15) is 0 Å². The van der Waals surface area contributed by atoms with Crippen LogP contribution < -0.4 is 4.90 Å². The summed E-state index contributed by atoms with van der Waals surface area (Å²) in [5.41, 5.74) is 1.09. The van der Waals surface area contributed by atoms with E-state index in [0.717, 1.165) is 49.1 Å². The Labute approximate surface area is 175 Å². The average Bonchev–Trinajstić information content (AvgIpc) is 3.37. The second-order valence-corrected chi connectivity index (χ2v) is 8.89. The van der Waals surface area contributed by atoms with Crippen LogP contribution in [0.2, 0.25) is 0 Å². The summed E-state index contributed by atoms with van der Waals surface area (Å²) >= 11 is 1.78. The number of hydrogen-bond donors (Lipinski definition) is 0. The van der Waals surface area contributed by atoms with E-state index in [1.807, 2.05) is 10.7 Å². The summed E-state index contributed by atoms with van der Waals surface area (Å²) in [6.07, 6.45) is 1.04. The molecule has 0 unspecified atom stereocenters. The van der Waals surface area contributed by atoms with Gasteiger partial charge in [-0.15, -0.1) is 5.10 Å². The molecule has 0 bridgehead atoms. The van der Waals surface area contributed by atoms with Gasteiger partial charge in [-0.3, -0.25) is 4.90 Å². The summed E-state index contributed by atoms with van der Waals surface area (Å²) in [5.74, 6) is 1.51.